The second-order valence-electron chi connectivity index (χ2n) is 5.86. The molecule has 4 rings (SSSR count). The van der Waals surface area contributed by atoms with E-state index in [4.69, 9.17) is 5.11 Å². The van der Waals surface area contributed by atoms with Crippen LogP contribution in [0.1, 0.15) is 10.4 Å². The number of hydrogen-bond acceptors (Lipinski definition) is 4. The van der Waals surface area contributed by atoms with Crippen molar-refractivity contribution < 1.29 is 9.90 Å². The molecule has 0 aliphatic carbocycles. The average Bonchev–Trinajstić information content (AvgIpc) is 3.16. The highest BCUT2D eigenvalue weighted by Crippen LogP contribution is 2.29. The van der Waals surface area contributed by atoms with Gasteiger partial charge in [0.25, 0.3) is 11.5 Å². The summed E-state index contributed by atoms with van der Waals surface area (Å²) in [5.41, 5.74) is 2.07. The van der Waals surface area contributed by atoms with Crippen molar-refractivity contribution in [1.29, 1.82) is 0 Å². The largest absolute Gasteiger partial charge is 0.395 e. The Bertz CT molecular complexity index is 1160. The Kier molecular flexibility index (Phi) is 4.28. The van der Waals surface area contributed by atoms with E-state index < -0.39 is 0 Å². The summed E-state index contributed by atoms with van der Waals surface area (Å²) in [6.07, 6.45) is 1.71. The van der Waals surface area contributed by atoms with E-state index in [1.165, 1.54) is 15.7 Å². The second-order valence-corrected chi connectivity index (χ2v) is 6.78. The van der Waals surface area contributed by atoms with Crippen LogP contribution in [0.4, 0.5) is 0 Å². The Morgan fingerprint density at radius 1 is 1.15 bits per heavy atom. The molecule has 0 atom stereocenters. The van der Waals surface area contributed by atoms with Gasteiger partial charge in [0.15, 0.2) is 0 Å². The molecule has 130 valence electrons. The number of thiophene rings is 1. The van der Waals surface area contributed by atoms with Gasteiger partial charge in [0.2, 0.25) is 0 Å². The number of benzene rings is 1. The number of carbonyl (C=O) groups excluding carboxylic acids is 1. The average molecular weight is 364 g/mol. The zero-order valence-corrected chi connectivity index (χ0v) is 14.6. The Morgan fingerprint density at radius 3 is 2.73 bits per heavy atom. The monoisotopic (exact) mass is 364 g/mol. The number of carbonyl (C=O) groups is 1. The van der Waals surface area contributed by atoms with Crippen molar-refractivity contribution in [3.63, 3.8) is 0 Å². The van der Waals surface area contributed by atoms with Gasteiger partial charge in [-0.1, -0.05) is 30.3 Å². The molecule has 0 spiro atoms. The Balaban J connectivity index is 2.07. The van der Waals surface area contributed by atoms with Gasteiger partial charge in [0.05, 0.1) is 22.4 Å². The van der Waals surface area contributed by atoms with Crippen LogP contribution in [-0.2, 0) is 0 Å². The molecule has 3 heterocycles. The number of aliphatic hydroxyl groups is 1. The fourth-order valence-corrected chi connectivity index (χ4v) is 4.01. The van der Waals surface area contributed by atoms with Gasteiger partial charge in [-0.15, -0.1) is 11.3 Å². The van der Waals surface area contributed by atoms with Gasteiger partial charge < -0.3 is 10.4 Å². The third kappa shape index (κ3) is 2.69. The molecule has 0 unspecified atom stereocenters. The molecule has 5 nitrogen and oxygen atoms in total. The van der Waals surface area contributed by atoms with E-state index in [0.29, 0.717) is 16.6 Å². The zero-order chi connectivity index (χ0) is 18.1. The number of fused-ring (bicyclic) bond motifs is 3. The minimum Gasteiger partial charge on any atom is -0.395 e. The molecule has 0 saturated heterocycles. The lowest BCUT2D eigenvalue weighted by Gasteiger charge is -2.12. The summed E-state index contributed by atoms with van der Waals surface area (Å²) in [7, 11) is 0. The van der Waals surface area contributed by atoms with Gasteiger partial charge in [-0.05, 0) is 34.5 Å². The highest BCUT2D eigenvalue weighted by atomic mass is 32.1. The minimum atomic E-state index is -0.311. The lowest BCUT2D eigenvalue weighted by molar-refractivity contribution is 0.0946. The van der Waals surface area contributed by atoms with Crippen molar-refractivity contribution in [3.05, 3.63) is 76.0 Å². The molecule has 6 heteroatoms. The smallest absolute Gasteiger partial charge is 0.263 e. The van der Waals surface area contributed by atoms with Gasteiger partial charge in [0.1, 0.15) is 0 Å². The second kappa shape index (κ2) is 6.74. The lowest BCUT2D eigenvalue weighted by Crippen LogP contribution is -2.28. The standard InChI is InChI=1S/C20H16N2O3S/c23-10-8-21-19(24)16-12-15(13-4-2-1-3-5-13)20(25)22-9-6-14-7-11-26-18(14)17(16)22/h1-7,9,11-12,23H,8,10H2,(H,21,24). The molecule has 4 aromatic rings. The number of pyridine rings is 2. The first kappa shape index (κ1) is 16.5. The molecule has 0 fully saturated rings. The highest BCUT2D eigenvalue weighted by molar-refractivity contribution is 7.18. The molecular weight excluding hydrogens is 348 g/mol. The summed E-state index contributed by atoms with van der Waals surface area (Å²) in [5, 5.41) is 14.6. The van der Waals surface area contributed by atoms with Crippen LogP contribution >= 0.6 is 11.3 Å². The molecule has 1 aromatic carbocycles. The zero-order valence-electron chi connectivity index (χ0n) is 13.8. The fraction of sp³-hybridized carbons (Fsp3) is 0.100. The minimum absolute atomic E-state index is 0.142. The molecule has 0 saturated carbocycles. The first-order valence-electron chi connectivity index (χ1n) is 8.21. The van der Waals surface area contributed by atoms with Crippen molar-refractivity contribution in [2.75, 3.05) is 13.2 Å². The highest BCUT2D eigenvalue weighted by Gasteiger charge is 2.18. The molecule has 0 aliphatic heterocycles. The van der Waals surface area contributed by atoms with Crippen LogP contribution < -0.4 is 10.9 Å². The van der Waals surface area contributed by atoms with Crippen molar-refractivity contribution >= 4 is 32.8 Å². The van der Waals surface area contributed by atoms with Crippen LogP contribution in [0.5, 0.6) is 0 Å². The van der Waals surface area contributed by atoms with E-state index in [1.54, 1.807) is 12.3 Å². The maximum Gasteiger partial charge on any atom is 0.263 e. The van der Waals surface area contributed by atoms with Crippen molar-refractivity contribution in [1.82, 2.24) is 9.72 Å². The molecule has 0 radical (unpaired) electrons. The van der Waals surface area contributed by atoms with Crippen molar-refractivity contribution in [3.8, 4) is 11.1 Å². The van der Waals surface area contributed by atoms with Crippen LogP contribution in [0.3, 0.4) is 0 Å². The molecule has 0 aliphatic rings. The van der Waals surface area contributed by atoms with E-state index in [0.717, 1.165) is 15.6 Å². The van der Waals surface area contributed by atoms with E-state index in [1.807, 2.05) is 47.8 Å². The fourth-order valence-electron chi connectivity index (χ4n) is 3.07. The Morgan fingerprint density at radius 2 is 1.96 bits per heavy atom. The van der Waals surface area contributed by atoms with Gasteiger partial charge in [0, 0.05) is 18.3 Å². The number of aromatic nitrogens is 1. The van der Waals surface area contributed by atoms with Crippen molar-refractivity contribution in [2.45, 2.75) is 0 Å². The lowest BCUT2D eigenvalue weighted by atomic mass is 10.0. The summed E-state index contributed by atoms with van der Waals surface area (Å²) in [5.74, 6) is -0.311. The molecule has 0 bridgehead atoms. The maximum atomic E-state index is 13.1. The number of aliphatic hydroxyl groups excluding tert-OH is 1. The Hall–Kier alpha value is -2.96. The summed E-state index contributed by atoms with van der Waals surface area (Å²) in [6, 6.07) is 14.8. The van der Waals surface area contributed by atoms with E-state index >= 15 is 0 Å². The summed E-state index contributed by atoms with van der Waals surface area (Å²) >= 11 is 1.49. The number of nitrogens with zero attached hydrogens (tertiary/aromatic N) is 1. The predicted octanol–water partition coefficient (Wildman–Crippen LogP) is 2.90. The van der Waals surface area contributed by atoms with Crippen LogP contribution in [-0.4, -0.2) is 28.6 Å². The van der Waals surface area contributed by atoms with Gasteiger partial charge in [-0.3, -0.25) is 14.0 Å². The molecular formula is C20H16N2O3S. The van der Waals surface area contributed by atoms with Gasteiger partial charge in [-0.25, -0.2) is 0 Å². The van der Waals surface area contributed by atoms with Crippen LogP contribution in [0.25, 0.3) is 26.7 Å². The topological polar surface area (TPSA) is 70.8 Å². The van der Waals surface area contributed by atoms with Gasteiger partial charge >= 0.3 is 0 Å². The van der Waals surface area contributed by atoms with Crippen LogP contribution in [0.2, 0.25) is 0 Å². The molecule has 3 aromatic heterocycles. The first-order chi connectivity index (χ1) is 12.7. The quantitative estimate of drug-likeness (QED) is 0.585. The number of hydrogen-bond donors (Lipinski definition) is 2. The molecule has 2 N–H and O–H groups in total. The SMILES string of the molecule is O=C(NCCO)c1cc(-c2ccccc2)c(=O)n2ccc3ccsc3c12. The van der Waals surface area contributed by atoms with Gasteiger partial charge in [-0.2, -0.15) is 0 Å². The van der Waals surface area contributed by atoms with Crippen molar-refractivity contribution in [2.24, 2.45) is 0 Å². The van der Waals surface area contributed by atoms with E-state index in [9.17, 15) is 9.59 Å². The summed E-state index contributed by atoms with van der Waals surface area (Å²) < 4.78 is 2.42. The third-order valence-corrected chi connectivity index (χ3v) is 5.21. The van der Waals surface area contributed by atoms with Crippen LogP contribution in [0, 0.1) is 0 Å². The number of amides is 1. The van der Waals surface area contributed by atoms with Crippen LogP contribution in [0.15, 0.2) is 64.9 Å². The Labute approximate surface area is 153 Å². The van der Waals surface area contributed by atoms with E-state index in [-0.39, 0.29) is 24.6 Å². The third-order valence-electron chi connectivity index (χ3n) is 4.27. The summed E-state index contributed by atoms with van der Waals surface area (Å²) in [4.78, 5) is 25.8. The maximum absolute atomic E-state index is 13.1. The number of nitrogens with one attached hydrogen (secondary N) is 1. The molecule has 26 heavy (non-hydrogen) atoms. The van der Waals surface area contributed by atoms with E-state index in [2.05, 4.69) is 5.32 Å². The normalized spacial score (nSPS) is 11.1. The predicted molar refractivity (Wildman–Crippen MR) is 104 cm³/mol. The first-order valence-corrected chi connectivity index (χ1v) is 9.08. The number of rotatable bonds is 4. The summed E-state index contributed by atoms with van der Waals surface area (Å²) in [6.45, 7) is 0.0155. The molecule has 1 amide bonds.